The zero-order valence-electron chi connectivity index (χ0n) is 14.0. The van der Waals surface area contributed by atoms with Crippen LogP contribution in [-0.2, 0) is 11.8 Å². The van der Waals surface area contributed by atoms with Crippen molar-refractivity contribution in [2.24, 2.45) is 7.05 Å². The molecular formula is C19H19N3O2. The Balaban J connectivity index is 2.08. The van der Waals surface area contributed by atoms with Crippen LogP contribution in [0.2, 0.25) is 0 Å². The van der Waals surface area contributed by atoms with Crippen molar-refractivity contribution in [2.75, 3.05) is 6.61 Å². The summed E-state index contributed by atoms with van der Waals surface area (Å²) in [5, 5.41) is 4.54. The lowest BCUT2D eigenvalue weighted by Crippen LogP contribution is -2.05. The Bertz CT molecular complexity index is 884. The molecule has 0 radical (unpaired) electrons. The minimum atomic E-state index is -0.353. The van der Waals surface area contributed by atoms with E-state index in [1.165, 1.54) is 5.56 Å². The molecule has 0 unspecified atom stereocenters. The minimum absolute atomic E-state index is 0.342. The van der Waals surface area contributed by atoms with E-state index in [0.29, 0.717) is 17.9 Å². The van der Waals surface area contributed by atoms with Crippen molar-refractivity contribution in [2.45, 2.75) is 13.8 Å². The highest BCUT2D eigenvalue weighted by Gasteiger charge is 2.16. The monoisotopic (exact) mass is 321 g/mol. The van der Waals surface area contributed by atoms with Gasteiger partial charge in [0.1, 0.15) is 5.69 Å². The molecule has 3 aromatic rings. The van der Waals surface area contributed by atoms with Crippen molar-refractivity contribution in [3.05, 3.63) is 59.9 Å². The SMILES string of the molecule is CCOC(=O)c1ccnc(-c2nn(C)cc2-c2cccc(C)c2)c1. The first-order valence-corrected chi connectivity index (χ1v) is 7.82. The summed E-state index contributed by atoms with van der Waals surface area (Å²) in [6.07, 6.45) is 3.57. The molecule has 2 aromatic heterocycles. The maximum atomic E-state index is 12.0. The lowest BCUT2D eigenvalue weighted by molar-refractivity contribution is 0.0526. The number of esters is 1. The van der Waals surface area contributed by atoms with Crippen molar-refractivity contribution < 1.29 is 9.53 Å². The summed E-state index contributed by atoms with van der Waals surface area (Å²) in [4.78, 5) is 16.3. The van der Waals surface area contributed by atoms with Crippen molar-refractivity contribution in [3.63, 3.8) is 0 Å². The van der Waals surface area contributed by atoms with E-state index in [0.717, 1.165) is 16.8 Å². The van der Waals surface area contributed by atoms with E-state index >= 15 is 0 Å². The molecule has 3 rings (SSSR count). The van der Waals surface area contributed by atoms with Crippen LogP contribution >= 0.6 is 0 Å². The fourth-order valence-electron chi connectivity index (χ4n) is 2.60. The topological polar surface area (TPSA) is 57.0 Å². The molecule has 0 N–H and O–H groups in total. The van der Waals surface area contributed by atoms with E-state index in [4.69, 9.17) is 4.74 Å². The summed E-state index contributed by atoms with van der Waals surface area (Å²) in [6, 6.07) is 11.6. The molecule has 0 spiro atoms. The van der Waals surface area contributed by atoms with Gasteiger partial charge in [-0.25, -0.2) is 4.79 Å². The highest BCUT2D eigenvalue weighted by atomic mass is 16.5. The summed E-state index contributed by atoms with van der Waals surface area (Å²) in [6.45, 7) is 4.18. The van der Waals surface area contributed by atoms with Gasteiger partial charge >= 0.3 is 5.97 Å². The third-order valence-electron chi connectivity index (χ3n) is 3.67. The largest absolute Gasteiger partial charge is 0.462 e. The maximum Gasteiger partial charge on any atom is 0.338 e. The molecule has 0 aliphatic rings. The molecule has 1 aromatic carbocycles. The van der Waals surface area contributed by atoms with Crippen LogP contribution in [-0.4, -0.2) is 27.3 Å². The Hall–Kier alpha value is -2.95. The molecule has 122 valence electrons. The Morgan fingerprint density at radius 2 is 2.08 bits per heavy atom. The molecule has 0 amide bonds. The van der Waals surface area contributed by atoms with Crippen molar-refractivity contribution in [3.8, 4) is 22.5 Å². The van der Waals surface area contributed by atoms with Crippen LogP contribution in [0.1, 0.15) is 22.8 Å². The highest BCUT2D eigenvalue weighted by Crippen LogP contribution is 2.30. The Morgan fingerprint density at radius 3 is 2.83 bits per heavy atom. The first-order valence-electron chi connectivity index (χ1n) is 7.82. The van der Waals surface area contributed by atoms with Gasteiger partial charge in [-0.05, 0) is 31.5 Å². The number of pyridine rings is 1. The number of nitrogens with zero attached hydrogens (tertiary/aromatic N) is 3. The summed E-state index contributed by atoms with van der Waals surface area (Å²) < 4.78 is 6.82. The second-order valence-corrected chi connectivity index (χ2v) is 5.58. The van der Waals surface area contributed by atoms with Gasteiger partial charge in [-0.15, -0.1) is 0 Å². The lowest BCUT2D eigenvalue weighted by atomic mass is 10.0. The zero-order chi connectivity index (χ0) is 17.1. The first kappa shape index (κ1) is 15.9. The van der Waals surface area contributed by atoms with Gasteiger partial charge < -0.3 is 4.74 Å². The third kappa shape index (κ3) is 3.20. The number of hydrogen-bond acceptors (Lipinski definition) is 4. The van der Waals surface area contributed by atoms with Crippen LogP contribution in [0.25, 0.3) is 22.5 Å². The normalized spacial score (nSPS) is 10.6. The van der Waals surface area contributed by atoms with E-state index in [9.17, 15) is 4.79 Å². The molecule has 0 bridgehead atoms. The molecule has 0 aliphatic carbocycles. The van der Waals surface area contributed by atoms with Gasteiger partial charge in [0.15, 0.2) is 0 Å². The predicted octanol–water partition coefficient (Wildman–Crippen LogP) is 3.63. The lowest BCUT2D eigenvalue weighted by Gasteiger charge is -2.05. The number of aromatic nitrogens is 3. The van der Waals surface area contributed by atoms with Gasteiger partial charge in [-0.2, -0.15) is 5.10 Å². The summed E-state index contributed by atoms with van der Waals surface area (Å²) in [5.74, 6) is -0.353. The maximum absolute atomic E-state index is 12.0. The Labute approximate surface area is 140 Å². The molecule has 24 heavy (non-hydrogen) atoms. The first-order chi connectivity index (χ1) is 11.6. The predicted molar refractivity (Wildman–Crippen MR) is 92.6 cm³/mol. The molecular weight excluding hydrogens is 302 g/mol. The van der Waals surface area contributed by atoms with Gasteiger partial charge in [0.2, 0.25) is 0 Å². The number of aryl methyl sites for hydroxylation is 2. The number of benzene rings is 1. The van der Waals surface area contributed by atoms with Crippen LogP contribution in [0.4, 0.5) is 0 Å². The molecule has 0 aliphatic heterocycles. The van der Waals surface area contributed by atoms with Gasteiger partial charge in [0.25, 0.3) is 0 Å². The number of ether oxygens (including phenoxy) is 1. The van der Waals surface area contributed by atoms with Crippen LogP contribution in [0.15, 0.2) is 48.8 Å². The number of carbonyl (C=O) groups excluding carboxylic acids is 1. The van der Waals surface area contributed by atoms with Gasteiger partial charge in [-0.1, -0.05) is 29.8 Å². The van der Waals surface area contributed by atoms with Crippen molar-refractivity contribution in [1.82, 2.24) is 14.8 Å². The van der Waals surface area contributed by atoms with Crippen molar-refractivity contribution in [1.29, 1.82) is 0 Å². The minimum Gasteiger partial charge on any atom is -0.462 e. The quantitative estimate of drug-likeness (QED) is 0.689. The van der Waals surface area contributed by atoms with Gasteiger partial charge in [-0.3, -0.25) is 9.67 Å². The molecule has 0 saturated carbocycles. The second-order valence-electron chi connectivity index (χ2n) is 5.58. The van der Waals surface area contributed by atoms with Gasteiger partial charge in [0, 0.05) is 25.0 Å². The van der Waals surface area contributed by atoms with E-state index in [1.807, 2.05) is 25.4 Å². The summed E-state index contributed by atoms with van der Waals surface area (Å²) in [5.41, 5.74) is 5.10. The Kier molecular flexibility index (Phi) is 4.42. The van der Waals surface area contributed by atoms with Crippen LogP contribution in [0, 0.1) is 6.92 Å². The van der Waals surface area contributed by atoms with Crippen LogP contribution in [0.3, 0.4) is 0 Å². The number of carbonyl (C=O) groups is 1. The smallest absolute Gasteiger partial charge is 0.338 e. The average Bonchev–Trinajstić information content (AvgIpc) is 2.97. The van der Waals surface area contributed by atoms with E-state index in [-0.39, 0.29) is 5.97 Å². The van der Waals surface area contributed by atoms with E-state index in [1.54, 1.807) is 29.9 Å². The fraction of sp³-hybridized carbons (Fsp3) is 0.211. The molecule has 5 heteroatoms. The molecule has 0 saturated heterocycles. The molecule has 0 atom stereocenters. The van der Waals surface area contributed by atoms with Gasteiger partial charge in [0.05, 0.1) is 17.9 Å². The number of hydrogen-bond donors (Lipinski definition) is 0. The van der Waals surface area contributed by atoms with Crippen molar-refractivity contribution >= 4 is 5.97 Å². The van der Waals surface area contributed by atoms with E-state index in [2.05, 4.69) is 29.1 Å². The highest BCUT2D eigenvalue weighted by molar-refractivity contribution is 5.91. The number of rotatable bonds is 4. The zero-order valence-corrected chi connectivity index (χ0v) is 14.0. The third-order valence-corrected chi connectivity index (χ3v) is 3.67. The Morgan fingerprint density at radius 1 is 1.25 bits per heavy atom. The standard InChI is InChI=1S/C19H19N3O2/c1-4-24-19(23)15-8-9-20-17(11-15)18-16(12-22(3)21-18)14-7-5-6-13(2)10-14/h5-12H,4H2,1-3H3. The second kappa shape index (κ2) is 6.66. The summed E-state index contributed by atoms with van der Waals surface area (Å²) in [7, 11) is 1.87. The molecule has 0 fully saturated rings. The van der Waals surface area contributed by atoms with E-state index < -0.39 is 0 Å². The van der Waals surface area contributed by atoms with Crippen LogP contribution < -0.4 is 0 Å². The summed E-state index contributed by atoms with van der Waals surface area (Å²) >= 11 is 0. The van der Waals surface area contributed by atoms with Crippen LogP contribution in [0.5, 0.6) is 0 Å². The average molecular weight is 321 g/mol. The fourth-order valence-corrected chi connectivity index (χ4v) is 2.60. The molecule has 5 nitrogen and oxygen atoms in total. The molecule has 2 heterocycles.